The van der Waals surface area contributed by atoms with Gasteiger partial charge in [-0.3, -0.25) is 0 Å². The van der Waals surface area contributed by atoms with E-state index in [-0.39, 0.29) is 17.9 Å². The van der Waals surface area contributed by atoms with Gasteiger partial charge in [-0.1, -0.05) is 18.2 Å². The first kappa shape index (κ1) is 17.0. The molecule has 2 aromatic rings. The van der Waals surface area contributed by atoms with Gasteiger partial charge in [0.2, 0.25) is 0 Å². The van der Waals surface area contributed by atoms with Crippen molar-refractivity contribution in [3.05, 3.63) is 53.2 Å². The van der Waals surface area contributed by atoms with Gasteiger partial charge >= 0.3 is 12.4 Å². The largest absolute Gasteiger partial charge is 0.435 e. The molecule has 0 aliphatic rings. The third kappa shape index (κ3) is 4.11. The quantitative estimate of drug-likeness (QED) is 0.789. The summed E-state index contributed by atoms with van der Waals surface area (Å²) in [5.41, 5.74) is -1.97. The maximum Gasteiger partial charge on any atom is 0.435 e. The second kappa shape index (κ2) is 6.05. The molecule has 0 saturated heterocycles. The zero-order chi connectivity index (χ0) is 17.3. The molecule has 0 unspecified atom stereocenters. The highest BCUT2D eigenvalue weighted by molar-refractivity contribution is 5.40. The van der Waals surface area contributed by atoms with Gasteiger partial charge in [-0.25, -0.2) is 0 Å². The summed E-state index contributed by atoms with van der Waals surface area (Å²) in [6, 6.07) is 6.76. The lowest BCUT2D eigenvalue weighted by Gasteiger charge is -2.20. The normalized spacial score (nSPS) is 12.3. The van der Waals surface area contributed by atoms with Crippen molar-refractivity contribution < 1.29 is 26.3 Å². The van der Waals surface area contributed by atoms with Gasteiger partial charge in [0, 0.05) is 13.6 Å². The SMILES string of the molecule is CN(Cc1ccccc1C(F)(F)F)c1ccc(C(F)(F)F)nn1. The zero-order valence-corrected chi connectivity index (χ0v) is 11.8. The minimum absolute atomic E-state index is 0.0100. The standard InChI is InChI=1S/C14H11F6N3/c1-23(12-7-6-11(21-22-12)14(18,19)20)8-9-4-2-3-5-10(9)13(15,16)17/h2-7H,8H2,1H3. The van der Waals surface area contributed by atoms with Gasteiger partial charge in [-0.05, 0) is 23.8 Å². The summed E-state index contributed by atoms with van der Waals surface area (Å²) in [5.74, 6) is 0.0370. The van der Waals surface area contributed by atoms with Crippen LogP contribution in [0.25, 0.3) is 0 Å². The van der Waals surface area contributed by atoms with E-state index in [9.17, 15) is 26.3 Å². The maximum absolute atomic E-state index is 12.9. The summed E-state index contributed by atoms with van der Waals surface area (Å²) in [5, 5.41) is 6.45. The Bertz CT molecular complexity index is 663. The molecule has 23 heavy (non-hydrogen) atoms. The fourth-order valence-electron chi connectivity index (χ4n) is 1.95. The van der Waals surface area contributed by atoms with E-state index in [1.807, 2.05) is 0 Å². The van der Waals surface area contributed by atoms with Crippen LogP contribution in [0.5, 0.6) is 0 Å². The van der Waals surface area contributed by atoms with E-state index in [4.69, 9.17) is 0 Å². The van der Waals surface area contributed by atoms with E-state index in [0.29, 0.717) is 0 Å². The molecule has 1 aromatic heterocycles. The van der Waals surface area contributed by atoms with Crippen molar-refractivity contribution in [3.63, 3.8) is 0 Å². The van der Waals surface area contributed by atoms with Crippen molar-refractivity contribution in [2.45, 2.75) is 18.9 Å². The van der Waals surface area contributed by atoms with Crippen molar-refractivity contribution in [1.82, 2.24) is 10.2 Å². The topological polar surface area (TPSA) is 29.0 Å². The van der Waals surface area contributed by atoms with Gasteiger partial charge in [0.15, 0.2) is 11.5 Å². The molecule has 0 bridgehead atoms. The van der Waals surface area contributed by atoms with Crippen molar-refractivity contribution in [2.75, 3.05) is 11.9 Å². The molecule has 0 atom stereocenters. The summed E-state index contributed by atoms with van der Waals surface area (Å²) in [6.07, 6.45) is -9.13. The van der Waals surface area contributed by atoms with Crippen molar-refractivity contribution in [2.24, 2.45) is 0 Å². The molecule has 1 heterocycles. The molecule has 0 fully saturated rings. The summed E-state index contributed by atoms with van der Waals surface area (Å²) in [7, 11) is 1.42. The van der Waals surface area contributed by atoms with E-state index < -0.39 is 23.6 Å². The number of halogens is 6. The molecular formula is C14H11F6N3. The van der Waals surface area contributed by atoms with Gasteiger partial charge in [-0.2, -0.15) is 26.3 Å². The van der Waals surface area contributed by atoms with E-state index in [1.54, 1.807) is 0 Å². The number of anilines is 1. The van der Waals surface area contributed by atoms with Crippen molar-refractivity contribution >= 4 is 5.82 Å². The Labute approximate surface area is 127 Å². The fourth-order valence-corrected chi connectivity index (χ4v) is 1.95. The molecule has 0 spiro atoms. The molecule has 2 rings (SSSR count). The lowest BCUT2D eigenvalue weighted by Crippen LogP contribution is -2.21. The van der Waals surface area contributed by atoms with Crippen LogP contribution >= 0.6 is 0 Å². The van der Waals surface area contributed by atoms with Crippen LogP contribution in [0.2, 0.25) is 0 Å². The third-order valence-corrected chi connectivity index (χ3v) is 3.06. The number of hydrogen-bond donors (Lipinski definition) is 0. The molecule has 0 amide bonds. The van der Waals surface area contributed by atoms with Crippen LogP contribution < -0.4 is 4.90 Å². The van der Waals surface area contributed by atoms with Crippen LogP contribution in [-0.2, 0) is 18.9 Å². The van der Waals surface area contributed by atoms with E-state index in [0.717, 1.165) is 18.2 Å². The van der Waals surface area contributed by atoms with Crippen molar-refractivity contribution in [3.8, 4) is 0 Å². The predicted octanol–water partition coefficient (Wildman–Crippen LogP) is 4.15. The highest BCUT2D eigenvalue weighted by atomic mass is 19.4. The lowest BCUT2D eigenvalue weighted by molar-refractivity contribution is -0.141. The maximum atomic E-state index is 12.9. The van der Waals surface area contributed by atoms with Gasteiger partial charge in [0.25, 0.3) is 0 Å². The first-order valence-electron chi connectivity index (χ1n) is 6.36. The molecule has 1 aromatic carbocycles. The minimum atomic E-state index is -4.62. The summed E-state index contributed by atoms with van der Waals surface area (Å²) < 4.78 is 76.0. The first-order valence-corrected chi connectivity index (χ1v) is 6.36. The van der Waals surface area contributed by atoms with Crippen LogP contribution in [0.4, 0.5) is 32.2 Å². The Morgan fingerprint density at radius 2 is 1.52 bits per heavy atom. The van der Waals surface area contributed by atoms with Gasteiger partial charge in [0.05, 0.1) is 5.56 Å². The van der Waals surface area contributed by atoms with Crippen molar-refractivity contribution in [1.29, 1.82) is 0 Å². The molecule has 124 valence electrons. The van der Waals surface area contributed by atoms with Gasteiger partial charge in [0.1, 0.15) is 0 Å². The fraction of sp³-hybridized carbons (Fsp3) is 0.286. The Balaban J connectivity index is 2.22. The van der Waals surface area contributed by atoms with Crippen LogP contribution in [-0.4, -0.2) is 17.2 Å². The second-order valence-electron chi connectivity index (χ2n) is 4.79. The van der Waals surface area contributed by atoms with Crippen LogP contribution in [0.3, 0.4) is 0 Å². The molecule has 0 N–H and O–H groups in total. The Morgan fingerprint density at radius 3 is 2.04 bits per heavy atom. The highest BCUT2D eigenvalue weighted by Crippen LogP contribution is 2.33. The molecule has 0 aliphatic heterocycles. The average molecular weight is 335 g/mol. The van der Waals surface area contributed by atoms with Gasteiger partial charge < -0.3 is 4.90 Å². The first-order chi connectivity index (χ1) is 10.6. The molecule has 9 heteroatoms. The van der Waals surface area contributed by atoms with Crippen LogP contribution in [0.15, 0.2) is 36.4 Å². The summed E-state index contributed by atoms with van der Waals surface area (Å²) in [4.78, 5) is 1.29. The number of rotatable bonds is 3. The van der Waals surface area contributed by atoms with E-state index in [2.05, 4.69) is 10.2 Å². The molecule has 0 aliphatic carbocycles. The second-order valence-corrected chi connectivity index (χ2v) is 4.79. The smallest absolute Gasteiger partial charge is 0.354 e. The van der Waals surface area contributed by atoms with E-state index in [1.165, 1.54) is 30.1 Å². The average Bonchev–Trinajstić information content (AvgIpc) is 2.46. The third-order valence-electron chi connectivity index (χ3n) is 3.06. The minimum Gasteiger partial charge on any atom is -0.354 e. The lowest BCUT2D eigenvalue weighted by atomic mass is 10.1. The molecular weight excluding hydrogens is 324 g/mol. The van der Waals surface area contributed by atoms with Crippen LogP contribution in [0, 0.1) is 0 Å². The molecule has 0 saturated carbocycles. The summed E-state index contributed by atoms with van der Waals surface area (Å²) in [6.45, 7) is -0.171. The number of hydrogen-bond acceptors (Lipinski definition) is 3. The number of aromatic nitrogens is 2. The number of nitrogens with zero attached hydrogens (tertiary/aromatic N) is 3. The Kier molecular flexibility index (Phi) is 4.49. The Morgan fingerprint density at radius 1 is 0.870 bits per heavy atom. The monoisotopic (exact) mass is 335 g/mol. The zero-order valence-electron chi connectivity index (χ0n) is 11.8. The number of benzene rings is 1. The number of alkyl halides is 6. The summed E-state index contributed by atoms with van der Waals surface area (Å²) >= 11 is 0. The molecule has 0 radical (unpaired) electrons. The highest BCUT2D eigenvalue weighted by Gasteiger charge is 2.34. The van der Waals surface area contributed by atoms with Gasteiger partial charge in [-0.15, -0.1) is 10.2 Å². The van der Waals surface area contributed by atoms with E-state index >= 15 is 0 Å². The predicted molar refractivity (Wildman–Crippen MR) is 70.6 cm³/mol. The molecule has 3 nitrogen and oxygen atoms in total. The van der Waals surface area contributed by atoms with Crippen LogP contribution in [0.1, 0.15) is 16.8 Å². The Hall–Kier alpha value is -2.32.